The molecule has 80 valence electrons. The van der Waals surface area contributed by atoms with Gasteiger partial charge in [0.1, 0.15) is 5.82 Å². The maximum absolute atomic E-state index is 5.81. The number of nitrogen functional groups attached to an aromatic ring is 2. The molecule has 0 bridgehead atoms. The first kappa shape index (κ1) is 9.29. The van der Waals surface area contributed by atoms with Crippen molar-refractivity contribution in [2.75, 3.05) is 16.8 Å². The van der Waals surface area contributed by atoms with Gasteiger partial charge in [0.2, 0.25) is 5.95 Å². The summed E-state index contributed by atoms with van der Waals surface area (Å²) in [5.41, 5.74) is 12.4. The molecule has 1 aromatic heterocycles. The number of anilines is 4. The van der Waals surface area contributed by atoms with E-state index in [2.05, 4.69) is 15.3 Å². The Bertz CT molecular complexity index is 569. The molecule has 3 rings (SSSR count). The fourth-order valence-electron chi connectivity index (χ4n) is 1.57. The molecule has 0 aliphatic carbocycles. The van der Waals surface area contributed by atoms with Gasteiger partial charge in [-0.3, -0.25) is 0 Å². The lowest BCUT2D eigenvalue weighted by Crippen LogP contribution is -2.08. The predicted octanol–water partition coefficient (Wildman–Crippen LogP) is 1.85. The van der Waals surface area contributed by atoms with Crippen LogP contribution in [0, 0.1) is 0 Å². The van der Waals surface area contributed by atoms with E-state index in [4.69, 9.17) is 11.5 Å². The van der Waals surface area contributed by atoms with E-state index in [-0.39, 0.29) is 5.95 Å². The van der Waals surface area contributed by atoms with Gasteiger partial charge in [0.05, 0.1) is 10.6 Å². The minimum absolute atomic E-state index is 0.184. The molecule has 6 heteroatoms. The first-order chi connectivity index (χ1) is 7.74. The number of aromatic nitrogens is 2. The van der Waals surface area contributed by atoms with Gasteiger partial charge in [-0.1, -0.05) is 23.9 Å². The van der Waals surface area contributed by atoms with Gasteiger partial charge in [0.15, 0.2) is 5.82 Å². The molecule has 1 aliphatic heterocycles. The minimum Gasteiger partial charge on any atom is -0.383 e. The minimum atomic E-state index is 0.184. The van der Waals surface area contributed by atoms with E-state index < -0.39 is 0 Å². The Kier molecular flexibility index (Phi) is 1.90. The quantitative estimate of drug-likeness (QED) is 0.547. The van der Waals surface area contributed by atoms with Crippen molar-refractivity contribution in [3.8, 4) is 0 Å². The van der Waals surface area contributed by atoms with E-state index in [1.165, 1.54) is 0 Å². The maximum Gasteiger partial charge on any atom is 0.224 e. The van der Waals surface area contributed by atoms with Crippen molar-refractivity contribution in [1.29, 1.82) is 0 Å². The van der Waals surface area contributed by atoms with Crippen molar-refractivity contribution < 1.29 is 0 Å². The Morgan fingerprint density at radius 2 is 1.94 bits per heavy atom. The van der Waals surface area contributed by atoms with Crippen LogP contribution in [0.2, 0.25) is 0 Å². The highest BCUT2D eigenvalue weighted by molar-refractivity contribution is 8.00. The molecule has 0 amide bonds. The average molecular weight is 231 g/mol. The summed E-state index contributed by atoms with van der Waals surface area (Å²) in [6.45, 7) is 0. The molecule has 5 N–H and O–H groups in total. The van der Waals surface area contributed by atoms with Crippen molar-refractivity contribution in [3.05, 3.63) is 24.3 Å². The maximum atomic E-state index is 5.81. The monoisotopic (exact) mass is 231 g/mol. The normalized spacial score (nSPS) is 12.5. The second kappa shape index (κ2) is 3.28. The molecule has 0 radical (unpaired) electrons. The van der Waals surface area contributed by atoms with Crippen molar-refractivity contribution in [1.82, 2.24) is 9.97 Å². The molecule has 2 aromatic rings. The van der Waals surface area contributed by atoms with Gasteiger partial charge in [-0.25, -0.2) is 0 Å². The van der Waals surface area contributed by atoms with Gasteiger partial charge in [-0.05, 0) is 12.1 Å². The van der Waals surface area contributed by atoms with Crippen molar-refractivity contribution in [2.45, 2.75) is 9.79 Å². The molecule has 0 spiro atoms. The Hall–Kier alpha value is -1.95. The molecule has 0 saturated carbocycles. The van der Waals surface area contributed by atoms with Gasteiger partial charge < -0.3 is 16.8 Å². The van der Waals surface area contributed by atoms with Gasteiger partial charge >= 0.3 is 0 Å². The van der Waals surface area contributed by atoms with Crippen LogP contribution in [0.1, 0.15) is 0 Å². The summed E-state index contributed by atoms with van der Waals surface area (Å²) in [6, 6.07) is 7.95. The van der Waals surface area contributed by atoms with Crippen LogP contribution in [0.25, 0.3) is 0 Å². The molecular formula is C10H9N5S. The molecule has 1 aliphatic rings. The van der Waals surface area contributed by atoms with Crippen LogP contribution in [0.4, 0.5) is 23.3 Å². The van der Waals surface area contributed by atoms with Crippen molar-refractivity contribution in [3.63, 3.8) is 0 Å². The molecule has 0 saturated heterocycles. The fourth-order valence-corrected chi connectivity index (χ4v) is 2.51. The highest BCUT2D eigenvalue weighted by Gasteiger charge is 2.20. The van der Waals surface area contributed by atoms with Gasteiger partial charge in [-0.15, -0.1) is 0 Å². The highest BCUT2D eigenvalue weighted by Crippen LogP contribution is 2.45. The zero-order valence-electron chi connectivity index (χ0n) is 8.27. The number of hydrogen-bond acceptors (Lipinski definition) is 6. The van der Waals surface area contributed by atoms with E-state index in [0.717, 1.165) is 15.5 Å². The average Bonchev–Trinajstić information content (AvgIpc) is 2.27. The zero-order valence-corrected chi connectivity index (χ0v) is 9.08. The van der Waals surface area contributed by atoms with Crippen LogP contribution in [-0.4, -0.2) is 9.97 Å². The van der Waals surface area contributed by atoms with Gasteiger partial charge in [0, 0.05) is 4.90 Å². The van der Waals surface area contributed by atoms with Crippen LogP contribution < -0.4 is 16.8 Å². The number of benzene rings is 1. The summed E-state index contributed by atoms with van der Waals surface area (Å²) in [7, 11) is 0. The number of nitrogens with two attached hydrogens (primary N) is 2. The number of nitrogens with zero attached hydrogens (tertiary/aromatic N) is 2. The number of nitrogens with one attached hydrogen (secondary N) is 1. The third-order valence-corrected chi connectivity index (χ3v) is 3.44. The van der Waals surface area contributed by atoms with Crippen LogP contribution in [0.3, 0.4) is 0 Å². The third-order valence-electron chi connectivity index (χ3n) is 2.26. The molecule has 5 nitrogen and oxygen atoms in total. The summed E-state index contributed by atoms with van der Waals surface area (Å²) in [6.07, 6.45) is 0. The van der Waals surface area contributed by atoms with Gasteiger partial charge in [-0.2, -0.15) is 9.97 Å². The first-order valence-electron chi connectivity index (χ1n) is 4.71. The summed E-state index contributed by atoms with van der Waals surface area (Å²) >= 11 is 1.55. The molecule has 2 heterocycles. The summed E-state index contributed by atoms with van der Waals surface area (Å²) < 4.78 is 0. The van der Waals surface area contributed by atoms with Gasteiger partial charge in [0.25, 0.3) is 0 Å². The van der Waals surface area contributed by atoms with E-state index in [9.17, 15) is 0 Å². The van der Waals surface area contributed by atoms with Crippen LogP contribution in [0.5, 0.6) is 0 Å². The van der Waals surface area contributed by atoms with E-state index >= 15 is 0 Å². The number of hydrogen-bond donors (Lipinski definition) is 3. The molecule has 0 unspecified atom stereocenters. The summed E-state index contributed by atoms with van der Waals surface area (Å²) in [5, 5.41) is 3.19. The number of para-hydroxylation sites is 1. The van der Waals surface area contributed by atoms with Crippen LogP contribution in [-0.2, 0) is 0 Å². The Morgan fingerprint density at radius 1 is 1.12 bits per heavy atom. The van der Waals surface area contributed by atoms with Crippen LogP contribution in [0.15, 0.2) is 34.1 Å². The number of fused-ring (bicyclic) bond motifs is 2. The summed E-state index contributed by atoms with van der Waals surface area (Å²) in [4.78, 5) is 10.0. The first-order valence-corrected chi connectivity index (χ1v) is 5.52. The SMILES string of the molecule is Nc1nc(N)c2c(n1)Nc1ccccc1S2. The van der Waals surface area contributed by atoms with E-state index in [1.807, 2.05) is 24.3 Å². The lowest BCUT2D eigenvalue weighted by Gasteiger charge is -2.20. The fraction of sp³-hybridized carbons (Fsp3) is 0. The molecule has 1 aromatic carbocycles. The number of rotatable bonds is 0. The Labute approximate surface area is 96.3 Å². The smallest absolute Gasteiger partial charge is 0.224 e. The molecule has 0 atom stereocenters. The zero-order chi connectivity index (χ0) is 11.1. The molecular weight excluding hydrogens is 222 g/mol. The Balaban J connectivity index is 2.15. The predicted molar refractivity (Wildman–Crippen MR) is 64.7 cm³/mol. The molecule has 16 heavy (non-hydrogen) atoms. The van der Waals surface area contributed by atoms with E-state index in [0.29, 0.717) is 11.6 Å². The van der Waals surface area contributed by atoms with Crippen LogP contribution >= 0.6 is 11.8 Å². The highest BCUT2D eigenvalue weighted by atomic mass is 32.2. The third kappa shape index (κ3) is 1.35. The topological polar surface area (TPSA) is 89.8 Å². The van der Waals surface area contributed by atoms with Crippen molar-refractivity contribution in [2.24, 2.45) is 0 Å². The standard InChI is InChI=1S/C10H9N5S/c11-8-7-9(15-10(12)14-8)13-5-3-1-2-4-6(5)16-7/h1-4H,(H5,11,12,13,14,15). The van der Waals surface area contributed by atoms with Crippen molar-refractivity contribution >= 4 is 35.0 Å². The second-order valence-electron chi connectivity index (χ2n) is 3.37. The summed E-state index contributed by atoms with van der Waals surface area (Å²) in [5.74, 6) is 1.27. The van der Waals surface area contributed by atoms with E-state index in [1.54, 1.807) is 11.8 Å². The largest absolute Gasteiger partial charge is 0.383 e. The Morgan fingerprint density at radius 3 is 2.81 bits per heavy atom. The lowest BCUT2D eigenvalue weighted by molar-refractivity contribution is 1.11. The second-order valence-corrected chi connectivity index (χ2v) is 4.42. The lowest BCUT2D eigenvalue weighted by atomic mass is 10.3. The molecule has 0 fully saturated rings.